The number of anilines is 2. The molecule has 0 aliphatic heterocycles. The fraction of sp³-hybridized carbons (Fsp3) is 0.417. The van der Waals surface area contributed by atoms with E-state index in [1.54, 1.807) is 20.2 Å². The number of nitrogen functional groups attached to an aromatic ring is 1. The van der Waals surface area contributed by atoms with Crippen LogP contribution in [0.4, 0.5) is 10.7 Å². The molecule has 0 fully saturated rings. The topological polar surface area (TPSA) is 58.4 Å². The van der Waals surface area contributed by atoms with Crippen LogP contribution in [0.5, 0.6) is 0 Å². The molecule has 0 aliphatic carbocycles. The number of carbonyl (C=O) groups is 1. The van der Waals surface area contributed by atoms with E-state index < -0.39 is 0 Å². The van der Waals surface area contributed by atoms with Crippen LogP contribution in [0.25, 0.3) is 0 Å². The molecule has 5 heteroatoms. The number of nitrogens with zero attached hydrogens (tertiary/aromatic N) is 1. The third-order valence-corrected chi connectivity index (χ3v) is 3.24. The summed E-state index contributed by atoms with van der Waals surface area (Å²) in [7, 11) is 3.44. The van der Waals surface area contributed by atoms with Crippen molar-refractivity contribution in [3.63, 3.8) is 0 Å². The predicted octanol–water partition coefficient (Wildman–Crippen LogP) is 2.41. The summed E-state index contributed by atoms with van der Waals surface area (Å²) in [6.45, 7) is 4.84. The summed E-state index contributed by atoms with van der Waals surface area (Å²) in [6.07, 6.45) is 2.09. The van der Waals surface area contributed by atoms with Crippen LogP contribution in [0, 0.1) is 0 Å². The Bertz CT molecular complexity index is 431. The minimum Gasteiger partial charge on any atom is -0.397 e. The zero-order valence-electron chi connectivity index (χ0n) is 10.7. The first-order valence-electron chi connectivity index (χ1n) is 5.40. The summed E-state index contributed by atoms with van der Waals surface area (Å²) in [5.41, 5.74) is 7.61. The summed E-state index contributed by atoms with van der Waals surface area (Å²) in [5, 5.41) is 4.14. The molecule has 4 nitrogen and oxygen atoms in total. The number of rotatable bonds is 4. The predicted molar refractivity (Wildman–Crippen MR) is 74.7 cm³/mol. The van der Waals surface area contributed by atoms with E-state index in [1.807, 2.05) is 13.8 Å². The Hall–Kier alpha value is -1.49. The molecule has 0 atom stereocenters. The van der Waals surface area contributed by atoms with Crippen molar-refractivity contribution >= 4 is 27.9 Å². The summed E-state index contributed by atoms with van der Waals surface area (Å²) in [4.78, 5) is 13.9. The van der Waals surface area contributed by atoms with Gasteiger partial charge in [-0.05, 0) is 19.9 Å². The van der Waals surface area contributed by atoms with Crippen LogP contribution in [0.3, 0.4) is 0 Å². The van der Waals surface area contributed by atoms with Gasteiger partial charge in [-0.3, -0.25) is 4.79 Å². The lowest BCUT2D eigenvalue weighted by atomic mass is 10.3. The van der Waals surface area contributed by atoms with Crippen LogP contribution >= 0.6 is 11.3 Å². The molecule has 17 heavy (non-hydrogen) atoms. The Morgan fingerprint density at radius 2 is 2.18 bits per heavy atom. The minimum absolute atomic E-state index is 0.0530. The van der Waals surface area contributed by atoms with Crippen molar-refractivity contribution in [1.29, 1.82) is 0 Å². The molecule has 0 radical (unpaired) electrons. The molecule has 0 aliphatic rings. The highest BCUT2D eigenvalue weighted by Gasteiger charge is 2.15. The molecule has 94 valence electrons. The van der Waals surface area contributed by atoms with Crippen molar-refractivity contribution < 1.29 is 4.79 Å². The molecular weight excluding hydrogens is 234 g/mol. The lowest BCUT2D eigenvalue weighted by molar-refractivity contribution is 0.0833. The maximum absolute atomic E-state index is 11.8. The van der Waals surface area contributed by atoms with E-state index in [4.69, 9.17) is 5.73 Å². The summed E-state index contributed by atoms with van der Waals surface area (Å²) in [5.74, 6) is -0.0530. The second-order valence-corrected chi connectivity index (χ2v) is 5.31. The summed E-state index contributed by atoms with van der Waals surface area (Å²) in [6, 6.07) is 1.81. The molecule has 0 aromatic carbocycles. The maximum atomic E-state index is 11.8. The van der Waals surface area contributed by atoms with Crippen molar-refractivity contribution in [2.75, 3.05) is 31.7 Å². The number of hydrogen-bond donors (Lipinski definition) is 2. The van der Waals surface area contributed by atoms with Crippen LogP contribution in [0.2, 0.25) is 0 Å². The first-order valence-corrected chi connectivity index (χ1v) is 6.21. The molecule has 0 saturated carbocycles. The van der Waals surface area contributed by atoms with Crippen molar-refractivity contribution in [2.24, 2.45) is 0 Å². The highest BCUT2D eigenvalue weighted by atomic mass is 32.1. The van der Waals surface area contributed by atoms with E-state index in [0.29, 0.717) is 10.6 Å². The molecule has 0 bridgehead atoms. The van der Waals surface area contributed by atoms with Gasteiger partial charge in [0.05, 0.1) is 10.7 Å². The van der Waals surface area contributed by atoms with Gasteiger partial charge in [0.15, 0.2) is 0 Å². The second kappa shape index (κ2) is 5.72. The Morgan fingerprint density at radius 1 is 1.53 bits per heavy atom. The lowest BCUT2D eigenvalue weighted by Crippen LogP contribution is -2.21. The fourth-order valence-electron chi connectivity index (χ4n) is 1.22. The second-order valence-electron chi connectivity index (χ2n) is 4.26. The van der Waals surface area contributed by atoms with Crippen LogP contribution in [-0.4, -0.2) is 31.4 Å². The number of allylic oxidation sites excluding steroid dienone is 1. The molecule has 1 aromatic heterocycles. The smallest absolute Gasteiger partial charge is 0.265 e. The molecule has 1 heterocycles. The number of thiophene rings is 1. The largest absolute Gasteiger partial charge is 0.397 e. The first-order chi connectivity index (χ1) is 7.91. The van der Waals surface area contributed by atoms with Crippen molar-refractivity contribution in [3.05, 3.63) is 22.6 Å². The number of nitrogens with two attached hydrogens (primary N) is 1. The SMILES string of the molecule is CC(C)=CCNc1cc(N)c(C(=O)N(C)C)s1. The fourth-order valence-corrected chi connectivity index (χ4v) is 2.23. The van der Waals surface area contributed by atoms with Crippen LogP contribution in [-0.2, 0) is 0 Å². The molecule has 0 saturated heterocycles. The van der Waals surface area contributed by atoms with Gasteiger partial charge in [-0.1, -0.05) is 11.6 Å². The van der Waals surface area contributed by atoms with Gasteiger partial charge in [-0.25, -0.2) is 0 Å². The van der Waals surface area contributed by atoms with Gasteiger partial charge >= 0.3 is 0 Å². The van der Waals surface area contributed by atoms with Gasteiger partial charge in [-0.2, -0.15) is 0 Å². The van der Waals surface area contributed by atoms with Crippen molar-refractivity contribution in [1.82, 2.24) is 4.90 Å². The van der Waals surface area contributed by atoms with Crippen LogP contribution in [0.15, 0.2) is 17.7 Å². The minimum atomic E-state index is -0.0530. The molecule has 1 aromatic rings. The molecule has 0 unspecified atom stereocenters. The average molecular weight is 253 g/mol. The van der Waals surface area contributed by atoms with E-state index in [-0.39, 0.29) is 5.91 Å². The van der Waals surface area contributed by atoms with Gasteiger partial charge in [-0.15, -0.1) is 11.3 Å². The molecule has 1 amide bonds. The van der Waals surface area contributed by atoms with Gasteiger partial charge in [0.1, 0.15) is 4.88 Å². The maximum Gasteiger partial charge on any atom is 0.265 e. The van der Waals surface area contributed by atoms with Crippen molar-refractivity contribution in [3.8, 4) is 0 Å². The first kappa shape index (κ1) is 13.6. The van der Waals surface area contributed by atoms with Crippen molar-refractivity contribution in [2.45, 2.75) is 13.8 Å². The molecule has 3 N–H and O–H groups in total. The van der Waals surface area contributed by atoms with Gasteiger partial charge in [0, 0.05) is 20.6 Å². The van der Waals surface area contributed by atoms with Gasteiger partial charge < -0.3 is 16.0 Å². The van der Waals surface area contributed by atoms with E-state index >= 15 is 0 Å². The van der Waals surface area contributed by atoms with E-state index in [9.17, 15) is 4.79 Å². The summed E-state index contributed by atoms with van der Waals surface area (Å²) >= 11 is 1.39. The quantitative estimate of drug-likeness (QED) is 0.810. The normalized spacial score (nSPS) is 9.88. The zero-order valence-corrected chi connectivity index (χ0v) is 11.5. The van der Waals surface area contributed by atoms with E-state index in [1.165, 1.54) is 21.8 Å². The number of amides is 1. The molecular formula is C12H19N3OS. The Morgan fingerprint density at radius 3 is 2.71 bits per heavy atom. The molecule has 1 rings (SSSR count). The lowest BCUT2D eigenvalue weighted by Gasteiger charge is -2.08. The Balaban J connectivity index is 2.75. The summed E-state index contributed by atoms with van der Waals surface area (Å²) < 4.78 is 0. The monoisotopic (exact) mass is 253 g/mol. The third kappa shape index (κ3) is 3.78. The Labute approximate surface area is 106 Å². The highest BCUT2D eigenvalue weighted by molar-refractivity contribution is 7.18. The molecule has 0 spiro atoms. The van der Waals surface area contributed by atoms with E-state index in [2.05, 4.69) is 11.4 Å². The number of nitrogens with one attached hydrogen (secondary N) is 1. The van der Waals surface area contributed by atoms with E-state index in [0.717, 1.165) is 11.5 Å². The number of hydrogen-bond acceptors (Lipinski definition) is 4. The van der Waals surface area contributed by atoms with Gasteiger partial charge in [0.25, 0.3) is 5.91 Å². The highest BCUT2D eigenvalue weighted by Crippen LogP contribution is 2.29. The third-order valence-electron chi connectivity index (χ3n) is 2.15. The van der Waals surface area contributed by atoms with Crippen LogP contribution in [0.1, 0.15) is 23.5 Å². The Kier molecular flexibility index (Phi) is 4.57. The zero-order chi connectivity index (χ0) is 13.0. The van der Waals surface area contributed by atoms with Gasteiger partial charge in [0.2, 0.25) is 0 Å². The standard InChI is InChI=1S/C12H19N3OS/c1-8(2)5-6-14-10-7-9(13)11(17-10)12(16)15(3)4/h5,7,14H,6,13H2,1-4H3. The average Bonchev–Trinajstić information content (AvgIpc) is 2.58. The number of carbonyl (C=O) groups excluding carboxylic acids is 1. The van der Waals surface area contributed by atoms with Crippen LogP contribution < -0.4 is 11.1 Å².